The number of rotatable bonds is 28. The third kappa shape index (κ3) is 28.8. The number of hydrogen-bond donors (Lipinski definition) is 0. The van der Waals surface area contributed by atoms with Gasteiger partial charge in [0.2, 0.25) is 0 Å². The molecule has 3 nitrogen and oxygen atoms in total. The van der Waals surface area contributed by atoms with Gasteiger partial charge in [0.15, 0.2) is 0 Å². The topological polar surface area (TPSA) is 35.5 Å². The van der Waals surface area contributed by atoms with Gasteiger partial charge in [-0.05, 0) is 12.8 Å². The van der Waals surface area contributed by atoms with Gasteiger partial charge < -0.3 is 9.05 Å². The Hall–Kier alpha value is 0.630. The summed E-state index contributed by atoms with van der Waals surface area (Å²) in [6.07, 6.45) is 28.6. The maximum Gasteiger partial charge on any atom is 0.396 e. The first-order chi connectivity index (χ1) is 16.1. The SMILES string of the molecule is CCCCCCCCCCCCCCOP(=O)(Br)OCCCCCCCCCCCCCC. The fourth-order valence-electron chi connectivity index (χ4n) is 4.27. The van der Waals surface area contributed by atoms with Crippen LogP contribution in [0, 0.1) is 0 Å². The molecular weight excluding hydrogens is 495 g/mol. The molecule has 0 aromatic rings. The van der Waals surface area contributed by atoms with Gasteiger partial charge in [-0.3, -0.25) is 0 Å². The molecule has 0 saturated carbocycles. The first-order valence-corrected chi connectivity index (χ1v) is 18.3. The highest BCUT2D eigenvalue weighted by molar-refractivity contribution is 9.39. The zero-order valence-electron chi connectivity index (χ0n) is 22.4. The molecule has 0 N–H and O–H groups in total. The third-order valence-electron chi connectivity index (χ3n) is 6.49. The summed E-state index contributed by atoms with van der Waals surface area (Å²) in [4.78, 5) is 0. The molecule has 0 aromatic heterocycles. The van der Waals surface area contributed by atoms with E-state index in [0.717, 1.165) is 25.7 Å². The quantitative estimate of drug-likeness (QED) is 0.0714. The maximum atomic E-state index is 12.3. The molecule has 0 unspecified atom stereocenters. The monoisotopic (exact) mass is 552 g/mol. The van der Waals surface area contributed by atoms with E-state index in [2.05, 4.69) is 29.3 Å². The number of unbranched alkanes of at least 4 members (excludes halogenated alkanes) is 22. The van der Waals surface area contributed by atoms with E-state index in [-0.39, 0.29) is 0 Å². The normalized spacial score (nSPS) is 12.0. The van der Waals surface area contributed by atoms with Gasteiger partial charge >= 0.3 is 6.30 Å². The van der Waals surface area contributed by atoms with Crippen molar-refractivity contribution in [3.8, 4) is 0 Å². The fourth-order valence-corrected chi connectivity index (χ4v) is 5.91. The predicted molar refractivity (Wildman–Crippen MR) is 151 cm³/mol. The lowest BCUT2D eigenvalue weighted by molar-refractivity contribution is 0.213. The van der Waals surface area contributed by atoms with E-state index < -0.39 is 6.30 Å². The molecule has 0 radical (unpaired) electrons. The van der Waals surface area contributed by atoms with E-state index in [1.807, 2.05) is 0 Å². The lowest BCUT2D eigenvalue weighted by Gasteiger charge is -2.12. The van der Waals surface area contributed by atoms with Crippen molar-refractivity contribution in [2.24, 2.45) is 0 Å². The van der Waals surface area contributed by atoms with Gasteiger partial charge in [0, 0.05) is 15.5 Å². The van der Waals surface area contributed by atoms with Crippen LogP contribution in [0.4, 0.5) is 0 Å². The van der Waals surface area contributed by atoms with Crippen LogP contribution in [0.1, 0.15) is 168 Å². The van der Waals surface area contributed by atoms with Gasteiger partial charge in [0.25, 0.3) is 0 Å². The zero-order valence-corrected chi connectivity index (χ0v) is 24.9. The summed E-state index contributed by atoms with van der Waals surface area (Å²) in [7, 11) is 0. The number of hydrogen-bond acceptors (Lipinski definition) is 3. The highest BCUT2D eigenvalue weighted by atomic mass is 79.9. The molecule has 0 atom stereocenters. The minimum atomic E-state index is -3.04. The van der Waals surface area contributed by atoms with E-state index >= 15 is 0 Å². The standard InChI is InChI=1S/C28H58BrO3P/c1-3-5-7-9-11-13-15-17-19-21-23-25-27-31-33(29,30)32-28-26-24-22-20-18-16-14-12-10-8-6-4-2/h3-28H2,1-2H3. The van der Waals surface area contributed by atoms with Crippen LogP contribution >= 0.6 is 21.8 Å². The summed E-state index contributed by atoms with van der Waals surface area (Å²) in [5, 5.41) is 0. The molecule has 0 saturated heterocycles. The Morgan fingerprint density at radius 3 is 0.879 bits per heavy atom. The van der Waals surface area contributed by atoms with E-state index in [4.69, 9.17) is 9.05 Å². The molecule has 33 heavy (non-hydrogen) atoms. The smallest absolute Gasteiger partial charge is 0.301 e. The van der Waals surface area contributed by atoms with Gasteiger partial charge in [-0.2, -0.15) is 0 Å². The third-order valence-corrected chi connectivity index (χ3v) is 8.70. The second-order valence-electron chi connectivity index (χ2n) is 9.88. The Morgan fingerprint density at radius 1 is 0.424 bits per heavy atom. The molecule has 0 aliphatic heterocycles. The first-order valence-electron chi connectivity index (χ1n) is 14.7. The molecule has 200 valence electrons. The first kappa shape index (κ1) is 33.6. The van der Waals surface area contributed by atoms with Crippen molar-refractivity contribution < 1.29 is 13.6 Å². The minimum absolute atomic E-state index is 0.526. The molecule has 5 heteroatoms. The predicted octanol–water partition coefficient (Wildman–Crippen LogP) is 11.9. The van der Waals surface area contributed by atoms with Gasteiger partial charge in [0.05, 0.1) is 13.2 Å². The van der Waals surface area contributed by atoms with E-state index in [1.165, 1.54) is 128 Å². The van der Waals surface area contributed by atoms with Crippen molar-refractivity contribution in [2.75, 3.05) is 13.2 Å². The van der Waals surface area contributed by atoms with Crippen LogP contribution in [-0.2, 0) is 13.6 Å². The van der Waals surface area contributed by atoms with Crippen LogP contribution in [0.2, 0.25) is 0 Å². The maximum absolute atomic E-state index is 12.3. The van der Waals surface area contributed by atoms with Crippen LogP contribution in [-0.4, -0.2) is 13.2 Å². The van der Waals surface area contributed by atoms with Crippen LogP contribution in [0.15, 0.2) is 0 Å². The second kappa shape index (κ2) is 27.2. The van der Waals surface area contributed by atoms with Crippen molar-refractivity contribution in [2.45, 2.75) is 168 Å². The van der Waals surface area contributed by atoms with Crippen molar-refractivity contribution in [1.29, 1.82) is 0 Å². The van der Waals surface area contributed by atoms with Crippen molar-refractivity contribution in [3.63, 3.8) is 0 Å². The van der Waals surface area contributed by atoms with Gasteiger partial charge in [-0.1, -0.05) is 155 Å². The summed E-state index contributed by atoms with van der Waals surface area (Å²) >= 11 is 3.16. The van der Waals surface area contributed by atoms with Gasteiger partial charge in [-0.25, -0.2) is 4.57 Å². The van der Waals surface area contributed by atoms with E-state index in [9.17, 15) is 4.57 Å². The molecule has 0 aliphatic carbocycles. The highest BCUT2D eigenvalue weighted by Crippen LogP contribution is 2.56. The summed E-state index contributed by atoms with van der Waals surface area (Å²) in [5.41, 5.74) is 0. The Morgan fingerprint density at radius 2 is 0.636 bits per heavy atom. The average Bonchev–Trinajstić information content (AvgIpc) is 2.80. The van der Waals surface area contributed by atoms with Crippen LogP contribution in [0.5, 0.6) is 0 Å². The Balaban J connectivity index is 3.29. The van der Waals surface area contributed by atoms with Crippen LogP contribution in [0.25, 0.3) is 0 Å². The summed E-state index contributed by atoms with van der Waals surface area (Å²) < 4.78 is 23.2. The summed E-state index contributed by atoms with van der Waals surface area (Å²) in [6, 6.07) is 0. The molecule has 0 aromatic carbocycles. The molecule has 0 rings (SSSR count). The molecule has 0 aliphatic rings. The Labute approximate surface area is 216 Å². The molecule has 0 amide bonds. The van der Waals surface area contributed by atoms with Gasteiger partial charge in [0.1, 0.15) is 0 Å². The van der Waals surface area contributed by atoms with E-state index in [1.54, 1.807) is 0 Å². The number of halogens is 1. The zero-order chi connectivity index (χ0) is 24.3. The lowest BCUT2D eigenvalue weighted by Crippen LogP contribution is -1.96. The van der Waals surface area contributed by atoms with Gasteiger partial charge in [-0.15, -0.1) is 0 Å². The molecule has 0 heterocycles. The Bertz CT molecular complexity index is 386. The van der Waals surface area contributed by atoms with Crippen LogP contribution in [0.3, 0.4) is 0 Å². The van der Waals surface area contributed by atoms with Crippen LogP contribution < -0.4 is 0 Å². The molecular formula is C28H58BrO3P. The van der Waals surface area contributed by atoms with Crippen molar-refractivity contribution in [3.05, 3.63) is 0 Å². The van der Waals surface area contributed by atoms with E-state index in [0.29, 0.717) is 13.2 Å². The minimum Gasteiger partial charge on any atom is -0.301 e. The fraction of sp³-hybridized carbons (Fsp3) is 1.00. The largest absolute Gasteiger partial charge is 0.396 e. The van der Waals surface area contributed by atoms with Crippen molar-refractivity contribution >= 4 is 21.8 Å². The molecule has 0 fully saturated rings. The molecule has 0 spiro atoms. The molecule has 0 bridgehead atoms. The van der Waals surface area contributed by atoms with Crippen molar-refractivity contribution in [1.82, 2.24) is 0 Å². The lowest BCUT2D eigenvalue weighted by atomic mass is 10.1. The highest BCUT2D eigenvalue weighted by Gasteiger charge is 2.19. The second-order valence-corrected chi connectivity index (χ2v) is 13.9. The Kier molecular flexibility index (Phi) is 27.7. The summed E-state index contributed by atoms with van der Waals surface area (Å²) in [6.45, 7) is 5.60. The average molecular weight is 554 g/mol. The summed E-state index contributed by atoms with van der Waals surface area (Å²) in [5.74, 6) is 0.